The van der Waals surface area contributed by atoms with E-state index in [1.807, 2.05) is 0 Å². The highest BCUT2D eigenvalue weighted by molar-refractivity contribution is 7.91. The monoisotopic (exact) mass is 309 g/mol. The lowest BCUT2D eigenvalue weighted by atomic mass is 10.3. The van der Waals surface area contributed by atoms with E-state index in [-0.39, 0.29) is 17.3 Å². The van der Waals surface area contributed by atoms with Crippen molar-refractivity contribution in [3.8, 4) is 5.75 Å². The number of sulfone groups is 1. The van der Waals surface area contributed by atoms with E-state index in [4.69, 9.17) is 10.5 Å². The Hall–Kier alpha value is -2.08. The lowest BCUT2D eigenvalue weighted by Crippen LogP contribution is -2.10. The Labute approximate surface area is 123 Å². The molecule has 2 aromatic rings. The second-order valence-corrected chi connectivity index (χ2v) is 6.66. The molecule has 21 heavy (non-hydrogen) atoms. The van der Waals surface area contributed by atoms with Gasteiger partial charge in [-0.3, -0.25) is 0 Å². The van der Waals surface area contributed by atoms with Crippen molar-refractivity contribution in [2.45, 2.75) is 11.3 Å². The van der Waals surface area contributed by atoms with E-state index in [1.165, 1.54) is 18.2 Å². The third kappa shape index (κ3) is 4.46. The van der Waals surface area contributed by atoms with Gasteiger partial charge in [-0.15, -0.1) is 0 Å². The molecule has 2 aromatic carbocycles. The molecular weight excluding hydrogens is 293 g/mol. The molecule has 0 aromatic heterocycles. The first-order chi connectivity index (χ1) is 9.97. The summed E-state index contributed by atoms with van der Waals surface area (Å²) in [7, 11) is -3.49. The van der Waals surface area contributed by atoms with Crippen LogP contribution in [0, 0.1) is 5.82 Å². The number of ether oxygens (including phenoxy) is 1. The van der Waals surface area contributed by atoms with Crippen molar-refractivity contribution in [2.75, 3.05) is 18.1 Å². The first-order valence-corrected chi connectivity index (χ1v) is 8.09. The van der Waals surface area contributed by atoms with Crippen molar-refractivity contribution in [2.24, 2.45) is 0 Å². The van der Waals surface area contributed by atoms with Crippen LogP contribution in [0.5, 0.6) is 5.75 Å². The van der Waals surface area contributed by atoms with Gasteiger partial charge in [-0.25, -0.2) is 12.8 Å². The Morgan fingerprint density at radius 3 is 2.57 bits per heavy atom. The molecule has 2 N–H and O–H groups in total. The molecule has 0 amide bonds. The summed E-state index contributed by atoms with van der Waals surface area (Å²) in [6, 6.07) is 11.9. The van der Waals surface area contributed by atoms with Gasteiger partial charge in [0.05, 0.1) is 17.3 Å². The third-order valence-electron chi connectivity index (χ3n) is 2.84. The zero-order valence-corrected chi connectivity index (χ0v) is 12.1. The molecule has 0 fully saturated rings. The molecule has 6 heteroatoms. The second kappa shape index (κ2) is 6.58. The molecule has 0 saturated heterocycles. The number of nitrogen functional groups attached to an aromatic ring is 1. The minimum atomic E-state index is -3.49. The van der Waals surface area contributed by atoms with E-state index < -0.39 is 15.7 Å². The fourth-order valence-corrected chi connectivity index (χ4v) is 3.13. The van der Waals surface area contributed by atoms with E-state index in [0.29, 0.717) is 17.9 Å². The minimum absolute atomic E-state index is 0.00791. The van der Waals surface area contributed by atoms with Crippen molar-refractivity contribution in [3.63, 3.8) is 0 Å². The van der Waals surface area contributed by atoms with E-state index in [0.717, 1.165) is 6.07 Å². The molecular formula is C15H16FNO3S. The van der Waals surface area contributed by atoms with Crippen molar-refractivity contribution in [3.05, 3.63) is 54.3 Å². The van der Waals surface area contributed by atoms with Gasteiger partial charge in [0, 0.05) is 11.8 Å². The molecule has 0 saturated carbocycles. The summed E-state index contributed by atoms with van der Waals surface area (Å²) in [6.07, 6.45) is 0.313. The van der Waals surface area contributed by atoms with Crippen LogP contribution >= 0.6 is 0 Å². The van der Waals surface area contributed by atoms with Gasteiger partial charge >= 0.3 is 0 Å². The van der Waals surface area contributed by atoms with E-state index in [2.05, 4.69) is 0 Å². The minimum Gasteiger partial charge on any atom is -0.493 e. The van der Waals surface area contributed by atoms with Crippen LogP contribution in [-0.4, -0.2) is 20.8 Å². The molecule has 0 spiro atoms. The maximum Gasteiger partial charge on any atom is 0.178 e. The Morgan fingerprint density at radius 1 is 1.10 bits per heavy atom. The van der Waals surface area contributed by atoms with Crippen LogP contribution in [0.15, 0.2) is 53.4 Å². The molecule has 112 valence electrons. The van der Waals surface area contributed by atoms with Gasteiger partial charge in [0.1, 0.15) is 11.6 Å². The molecule has 0 aliphatic heterocycles. The molecule has 0 bridgehead atoms. The SMILES string of the molecule is Nc1cccc(OCCCS(=O)(=O)c2cccc(F)c2)c1. The Balaban J connectivity index is 1.88. The molecule has 0 unspecified atom stereocenters. The Kier molecular flexibility index (Phi) is 4.80. The van der Waals surface area contributed by atoms with Crippen LogP contribution in [0.3, 0.4) is 0 Å². The standard InChI is InChI=1S/C15H16FNO3S/c16-12-4-1-7-15(10-12)21(18,19)9-3-8-20-14-6-2-5-13(17)11-14/h1-2,4-7,10-11H,3,8-9,17H2. The zero-order valence-electron chi connectivity index (χ0n) is 11.3. The zero-order chi connectivity index (χ0) is 15.3. The van der Waals surface area contributed by atoms with Crippen molar-refractivity contribution < 1.29 is 17.5 Å². The average Bonchev–Trinajstić information content (AvgIpc) is 2.44. The maximum atomic E-state index is 13.0. The van der Waals surface area contributed by atoms with Crippen molar-refractivity contribution >= 4 is 15.5 Å². The number of hydrogen-bond donors (Lipinski definition) is 1. The third-order valence-corrected chi connectivity index (χ3v) is 4.64. The van der Waals surface area contributed by atoms with E-state index in [1.54, 1.807) is 24.3 Å². The molecule has 0 heterocycles. The molecule has 0 aliphatic rings. The van der Waals surface area contributed by atoms with Crippen LogP contribution in [0.1, 0.15) is 6.42 Å². The summed E-state index contributed by atoms with van der Waals surface area (Å²) in [5.74, 6) is -0.0658. The van der Waals surface area contributed by atoms with Gasteiger partial charge in [-0.05, 0) is 36.8 Å². The van der Waals surface area contributed by atoms with Crippen LogP contribution < -0.4 is 10.5 Å². The van der Waals surface area contributed by atoms with Gasteiger partial charge in [0.2, 0.25) is 0 Å². The molecule has 0 aliphatic carbocycles. The number of rotatable bonds is 6. The number of benzene rings is 2. The molecule has 2 rings (SSSR count). The van der Waals surface area contributed by atoms with Crippen LogP contribution in [-0.2, 0) is 9.84 Å². The second-order valence-electron chi connectivity index (χ2n) is 4.55. The van der Waals surface area contributed by atoms with E-state index in [9.17, 15) is 12.8 Å². The fourth-order valence-electron chi connectivity index (χ4n) is 1.82. The van der Waals surface area contributed by atoms with Gasteiger partial charge in [-0.2, -0.15) is 0 Å². The fraction of sp³-hybridized carbons (Fsp3) is 0.200. The van der Waals surface area contributed by atoms with Crippen LogP contribution in [0.25, 0.3) is 0 Å². The Bertz CT molecular complexity index is 716. The Morgan fingerprint density at radius 2 is 1.86 bits per heavy atom. The maximum absolute atomic E-state index is 13.0. The molecule has 4 nitrogen and oxygen atoms in total. The quantitative estimate of drug-likeness (QED) is 0.658. The van der Waals surface area contributed by atoms with Gasteiger partial charge in [0.15, 0.2) is 9.84 Å². The highest BCUT2D eigenvalue weighted by Crippen LogP contribution is 2.16. The summed E-state index contributed by atoms with van der Waals surface area (Å²) < 4.78 is 42.5. The summed E-state index contributed by atoms with van der Waals surface area (Å²) in [5.41, 5.74) is 6.19. The summed E-state index contributed by atoms with van der Waals surface area (Å²) in [6.45, 7) is 0.248. The first-order valence-electron chi connectivity index (χ1n) is 6.44. The lowest BCUT2D eigenvalue weighted by Gasteiger charge is -2.07. The predicted molar refractivity (Wildman–Crippen MR) is 79.4 cm³/mol. The smallest absolute Gasteiger partial charge is 0.178 e. The average molecular weight is 309 g/mol. The highest BCUT2D eigenvalue weighted by atomic mass is 32.2. The largest absolute Gasteiger partial charge is 0.493 e. The predicted octanol–water partition coefficient (Wildman–Crippen LogP) is 2.65. The summed E-state index contributed by atoms with van der Waals surface area (Å²) in [5, 5.41) is 0. The number of nitrogens with two attached hydrogens (primary N) is 1. The highest BCUT2D eigenvalue weighted by Gasteiger charge is 2.14. The number of halogens is 1. The number of anilines is 1. The van der Waals surface area contributed by atoms with Crippen LogP contribution in [0.2, 0.25) is 0 Å². The lowest BCUT2D eigenvalue weighted by molar-refractivity contribution is 0.318. The first kappa shape index (κ1) is 15.3. The van der Waals surface area contributed by atoms with Gasteiger partial charge < -0.3 is 10.5 Å². The summed E-state index contributed by atoms with van der Waals surface area (Å²) >= 11 is 0. The number of hydrogen-bond acceptors (Lipinski definition) is 4. The summed E-state index contributed by atoms with van der Waals surface area (Å²) in [4.78, 5) is -0.00791. The van der Waals surface area contributed by atoms with Gasteiger partial charge in [-0.1, -0.05) is 12.1 Å². The normalized spacial score (nSPS) is 11.3. The van der Waals surface area contributed by atoms with Crippen molar-refractivity contribution in [1.82, 2.24) is 0 Å². The van der Waals surface area contributed by atoms with E-state index >= 15 is 0 Å². The van der Waals surface area contributed by atoms with Crippen molar-refractivity contribution in [1.29, 1.82) is 0 Å². The van der Waals surface area contributed by atoms with Gasteiger partial charge in [0.25, 0.3) is 0 Å². The topological polar surface area (TPSA) is 69.4 Å². The van der Waals surface area contributed by atoms with Crippen LogP contribution in [0.4, 0.5) is 10.1 Å². The molecule has 0 radical (unpaired) electrons. The molecule has 0 atom stereocenters.